The molecule has 1 atom stereocenters. The van der Waals surface area contributed by atoms with E-state index in [1.807, 2.05) is 62.4 Å². The molecule has 6 heteroatoms. The van der Waals surface area contributed by atoms with Gasteiger partial charge in [0.05, 0.1) is 23.4 Å². The van der Waals surface area contributed by atoms with E-state index in [2.05, 4.69) is 15.3 Å². The van der Waals surface area contributed by atoms with Crippen molar-refractivity contribution in [2.75, 3.05) is 0 Å². The van der Waals surface area contributed by atoms with Crippen molar-refractivity contribution in [2.45, 2.75) is 20.0 Å². The van der Waals surface area contributed by atoms with Crippen LogP contribution in [0.2, 0.25) is 5.02 Å². The Morgan fingerprint density at radius 3 is 2.70 bits per heavy atom. The fourth-order valence-electron chi connectivity index (χ4n) is 3.08. The molecule has 1 unspecified atom stereocenters. The van der Waals surface area contributed by atoms with Gasteiger partial charge < -0.3 is 4.74 Å². The number of ether oxygens (including phenoxy) is 1. The first-order valence-electron chi connectivity index (χ1n) is 8.72. The van der Waals surface area contributed by atoms with E-state index in [0.717, 1.165) is 16.9 Å². The third kappa shape index (κ3) is 3.64. The molecule has 1 N–H and O–H groups in total. The number of rotatable bonds is 3. The molecule has 1 heterocycles. The van der Waals surface area contributed by atoms with Crippen molar-refractivity contribution in [3.63, 3.8) is 0 Å². The molecule has 0 aromatic heterocycles. The summed E-state index contributed by atoms with van der Waals surface area (Å²) in [7, 11) is 0. The number of halogens is 1. The minimum Gasteiger partial charge on any atom is -0.491 e. The molecule has 0 saturated carbocycles. The Morgan fingerprint density at radius 1 is 1.19 bits per heavy atom. The molecule has 1 aliphatic carbocycles. The van der Waals surface area contributed by atoms with Gasteiger partial charge in [-0.05, 0) is 55.8 Å². The predicted molar refractivity (Wildman–Crippen MR) is 108 cm³/mol. The number of aliphatic imine (C=N–C) groups is 2. The van der Waals surface area contributed by atoms with E-state index >= 15 is 0 Å². The van der Waals surface area contributed by atoms with E-state index < -0.39 is 5.92 Å². The Kier molecular flexibility index (Phi) is 4.54. The first-order chi connectivity index (χ1) is 13.0. The fourth-order valence-corrected chi connectivity index (χ4v) is 3.26. The first kappa shape index (κ1) is 17.5. The highest BCUT2D eigenvalue weighted by molar-refractivity contribution is 6.31. The van der Waals surface area contributed by atoms with Gasteiger partial charge in [-0.1, -0.05) is 29.8 Å². The van der Waals surface area contributed by atoms with E-state index in [-0.39, 0.29) is 18.0 Å². The van der Waals surface area contributed by atoms with Gasteiger partial charge in [0.1, 0.15) is 5.75 Å². The molecule has 5 nitrogen and oxygen atoms in total. The summed E-state index contributed by atoms with van der Waals surface area (Å²) >= 11 is 6.07. The lowest BCUT2D eigenvalue weighted by molar-refractivity contribution is -0.120. The Balaban J connectivity index is 1.68. The van der Waals surface area contributed by atoms with E-state index in [1.165, 1.54) is 0 Å². The zero-order valence-corrected chi connectivity index (χ0v) is 15.7. The third-order valence-corrected chi connectivity index (χ3v) is 4.47. The van der Waals surface area contributed by atoms with Gasteiger partial charge in [-0.2, -0.15) is 0 Å². The van der Waals surface area contributed by atoms with Crippen molar-refractivity contribution in [2.24, 2.45) is 15.9 Å². The molecule has 0 spiro atoms. The highest BCUT2D eigenvalue weighted by Crippen LogP contribution is 2.28. The maximum atomic E-state index is 12.5. The van der Waals surface area contributed by atoms with Gasteiger partial charge in [0.15, 0.2) is 0 Å². The Morgan fingerprint density at radius 2 is 1.96 bits per heavy atom. The lowest BCUT2D eigenvalue weighted by Gasteiger charge is -2.25. The smallest absolute Gasteiger partial charge is 0.239 e. The van der Waals surface area contributed by atoms with Crippen LogP contribution in [-0.2, 0) is 4.79 Å². The molecule has 2 aromatic rings. The van der Waals surface area contributed by atoms with Crippen molar-refractivity contribution >= 4 is 40.9 Å². The predicted octanol–water partition coefficient (Wildman–Crippen LogP) is 4.38. The second-order valence-electron chi connectivity index (χ2n) is 6.65. The van der Waals surface area contributed by atoms with Gasteiger partial charge in [-0.25, -0.2) is 9.98 Å². The standard InChI is InChI=1S/C21H18ClN3O2/c1-12(2)27-16-7-5-15(6-8-16)23-21-24-19-17-10-4-14(22)11-13(17)3-9-18(19)20(26)25-21/h3-12,18H,1-2H3,(H,23,25,26). The average molecular weight is 380 g/mol. The Labute approximate surface area is 162 Å². The molecular formula is C21H18ClN3O2. The van der Waals surface area contributed by atoms with Crippen LogP contribution in [0.1, 0.15) is 25.0 Å². The molecule has 1 amide bonds. The lowest BCUT2D eigenvalue weighted by atomic mass is 9.86. The van der Waals surface area contributed by atoms with Gasteiger partial charge in [-0.3, -0.25) is 10.1 Å². The highest BCUT2D eigenvalue weighted by Gasteiger charge is 2.32. The normalized spacial score (nSPS) is 19.4. The number of hydrogen-bond acceptors (Lipinski definition) is 3. The molecular weight excluding hydrogens is 362 g/mol. The fraction of sp³-hybridized carbons (Fsp3) is 0.190. The Bertz CT molecular complexity index is 991. The van der Waals surface area contributed by atoms with Gasteiger partial charge in [0, 0.05) is 10.6 Å². The summed E-state index contributed by atoms with van der Waals surface area (Å²) in [5, 5.41) is 3.42. The van der Waals surface area contributed by atoms with Crippen molar-refractivity contribution in [1.82, 2.24) is 5.32 Å². The second kappa shape index (κ2) is 7.00. The highest BCUT2D eigenvalue weighted by atomic mass is 35.5. The molecule has 27 heavy (non-hydrogen) atoms. The second-order valence-corrected chi connectivity index (χ2v) is 7.09. The quantitative estimate of drug-likeness (QED) is 0.860. The number of hydrogen-bond donors (Lipinski definition) is 1. The van der Waals surface area contributed by atoms with Crippen molar-refractivity contribution in [3.05, 3.63) is 64.7 Å². The SMILES string of the molecule is CC(C)Oc1ccc(N=C2N=C3c4ccc(Cl)cc4C=CC3C(=O)N2)cc1. The molecule has 2 aromatic carbocycles. The monoisotopic (exact) mass is 379 g/mol. The summed E-state index contributed by atoms with van der Waals surface area (Å²) in [6.07, 6.45) is 3.85. The Hall–Kier alpha value is -2.92. The molecule has 136 valence electrons. The van der Waals surface area contributed by atoms with Gasteiger partial charge in [0.2, 0.25) is 11.9 Å². The number of benzene rings is 2. The van der Waals surface area contributed by atoms with Crippen LogP contribution in [-0.4, -0.2) is 23.7 Å². The number of carbonyl (C=O) groups excluding carboxylic acids is 1. The van der Waals surface area contributed by atoms with Crippen LogP contribution in [0, 0.1) is 5.92 Å². The number of amides is 1. The van der Waals surface area contributed by atoms with Crippen molar-refractivity contribution in [1.29, 1.82) is 0 Å². The number of nitrogens with zero attached hydrogens (tertiary/aromatic N) is 2. The summed E-state index contributed by atoms with van der Waals surface area (Å²) in [4.78, 5) is 21.6. The van der Waals surface area contributed by atoms with Crippen LogP contribution in [0.5, 0.6) is 5.75 Å². The van der Waals surface area contributed by atoms with Crippen LogP contribution in [0.15, 0.2) is 58.5 Å². The topological polar surface area (TPSA) is 63.1 Å². The molecule has 0 fully saturated rings. The van der Waals surface area contributed by atoms with E-state index in [0.29, 0.717) is 16.4 Å². The molecule has 0 radical (unpaired) electrons. The molecule has 0 saturated heterocycles. The number of carbonyl (C=O) groups is 1. The van der Waals surface area contributed by atoms with E-state index in [9.17, 15) is 4.79 Å². The first-order valence-corrected chi connectivity index (χ1v) is 9.10. The van der Waals surface area contributed by atoms with Crippen LogP contribution in [0.25, 0.3) is 6.08 Å². The van der Waals surface area contributed by atoms with Gasteiger partial charge in [-0.15, -0.1) is 0 Å². The molecule has 1 aliphatic heterocycles. The maximum absolute atomic E-state index is 12.5. The summed E-state index contributed by atoms with van der Waals surface area (Å²) in [5.74, 6) is 0.492. The van der Waals surface area contributed by atoms with Gasteiger partial charge in [0.25, 0.3) is 0 Å². The number of guanidine groups is 1. The minimum absolute atomic E-state index is 0.107. The summed E-state index contributed by atoms with van der Waals surface area (Å²) in [6, 6.07) is 12.9. The van der Waals surface area contributed by atoms with Crippen molar-refractivity contribution in [3.8, 4) is 5.75 Å². The van der Waals surface area contributed by atoms with Crippen LogP contribution in [0.4, 0.5) is 5.69 Å². The molecule has 4 rings (SSSR count). The zero-order valence-electron chi connectivity index (χ0n) is 14.9. The third-order valence-electron chi connectivity index (χ3n) is 4.24. The maximum Gasteiger partial charge on any atom is 0.239 e. The summed E-state index contributed by atoms with van der Waals surface area (Å²) in [6.45, 7) is 3.95. The minimum atomic E-state index is -0.417. The zero-order chi connectivity index (χ0) is 19.0. The summed E-state index contributed by atoms with van der Waals surface area (Å²) < 4.78 is 5.63. The van der Waals surface area contributed by atoms with Crippen LogP contribution >= 0.6 is 11.6 Å². The summed E-state index contributed by atoms with van der Waals surface area (Å²) in [5.41, 5.74) is 3.22. The molecule has 0 bridgehead atoms. The van der Waals surface area contributed by atoms with E-state index in [4.69, 9.17) is 16.3 Å². The molecule has 2 aliphatic rings. The van der Waals surface area contributed by atoms with Gasteiger partial charge >= 0.3 is 0 Å². The van der Waals surface area contributed by atoms with Crippen molar-refractivity contribution < 1.29 is 9.53 Å². The lowest BCUT2D eigenvalue weighted by Crippen LogP contribution is -2.44. The largest absolute Gasteiger partial charge is 0.491 e. The number of fused-ring (bicyclic) bond motifs is 3. The van der Waals surface area contributed by atoms with Crippen LogP contribution < -0.4 is 10.1 Å². The van der Waals surface area contributed by atoms with E-state index in [1.54, 1.807) is 6.07 Å². The van der Waals surface area contributed by atoms with Crippen LogP contribution in [0.3, 0.4) is 0 Å². The number of nitrogens with one attached hydrogen (secondary N) is 1. The average Bonchev–Trinajstić information content (AvgIpc) is 2.62.